The molecule has 2 aromatic rings. The van der Waals surface area contributed by atoms with Crippen molar-refractivity contribution < 1.29 is 10.2 Å². The molecule has 0 radical (unpaired) electrons. The van der Waals surface area contributed by atoms with E-state index in [4.69, 9.17) is 0 Å². The van der Waals surface area contributed by atoms with Gasteiger partial charge in [0.1, 0.15) is 0 Å². The SMILES string of the molecule is CC(C)(C)c1cc(C(C)(C)C)c([O-])c(C(C)(C)C)c1.CC(C)(C)c1cc(C(C)(C)C)c([O-])c(C(C)(C)C)c1.[Ba+2]. The molecule has 0 aromatic heterocycles. The van der Waals surface area contributed by atoms with E-state index in [-0.39, 0.29) is 92.9 Å². The second-order valence-corrected chi connectivity index (χ2v) is 17.3. The predicted molar refractivity (Wildman–Crippen MR) is 170 cm³/mol. The third kappa shape index (κ3) is 10.4. The second-order valence-electron chi connectivity index (χ2n) is 17.3. The van der Waals surface area contributed by atoms with Crippen molar-refractivity contribution in [1.82, 2.24) is 0 Å². The third-order valence-corrected chi connectivity index (χ3v) is 7.14. The van der Waals surface area contributed by atoms with Gasteiger partial charge in [0, 0.05) is 0 Å². The molecule has 216 valence electrons. The van der Waals surface area contributed by atoms with E-state index in [9.17, 15) is 10.2 Å². The molecular weight excluding hydrogens is 602 g/mol. The summed E-state index contributed by atoms with van der Waals surface area (Å²) < 4.78 is 0. The molecule has 0 saturated carbocycles. The van der Waals surface area contributed by atoms with Crippen molar-refractivity contribution in [2.24, 2.45) is 0 Å². The first kappa shape index (κ1) is 38.6. The van der Waals surface area contributed by atoms with Crippen LogP contribution in [0, 0.1) is 0 Å². The Bertz CT molecular complexity index is 952. The van der Waals surface area contributed by atoms with Crippen LogP contribution in [0.15, 0.2) is 24.3 Å². The van der Waals surface area contributed by atoms with Gasteiger partial charge in [0.25, 0.3) is 0 Å². The Hall–Kier alpha value is -0.389. The van der Waals surface area contributed by atoms with E-state index < -0.39 is 0 Å². The van der Waals surface area contributed by atoms with Gasteiger partial charge >= 0.3 is 48.9 Å². The third-order valence-electron chi connectivity index (χ3n) is 7.14. The maximum atomic E-state index is 12.7. The molecule has 2 nitrogen and oxygen atoms in total. The molecule has 0 N–H and O–H groups in total. The minimum absolute atomic E-state index is 0. The molecule has 0 aliphatic carbocycles. The van der Waals surface area contributed by atoms with Gasteiger partial charge in [-0.1, -0.05) is 149 Å². The van der Waals surface area contributed by atoms with Gasteiger partial charge in [0.15, 0.2) is 0 Å². The Morgan fingerprint density at radius 1 is 0.333 bits per heavy atom. The summed E-state index contributed by atoms with van der Waals surface area (Å²) >= 11 is 0. The fourth-order valence-corrected chi connectivity index (χ4v) is 4.35. The van der Waals surface area contributed by atoms with Gasteiger partial charge in [-0.15, -0.1) is 11.5 Å². The number of hydrogen-bond donors (Lipinski definition) is 0. The molecule has 0 amide bonds. The summed E-state index contributed by atoms with van der Waals surface area (Å²) in [5.74, 6) is 0.431. The molecule has 2 aromatic carbocycles. The van der Waals surface area contributed by atoms with E-state index in [0.29, 0.717) is 0 Å². The second kappa shape index (κ2) is 12.5. The van der Waals surface area contributed by atoms with E-state index in [1.165, 1.54) is 11.1 Å². The minimum atomic E-state index is -0.113. The van der Waals surface area contributed by atoms with Crippen molar-refractivity contribution in [3.63, 3.8) is 0 Å². The molecule has 0 unspecified atom stereocenters. The Morgan fingerprint density at radius 2 is 0.487 bits per heavy atom. The largest absolute Gasteiger partial charge is 2.00 e. The van der Waals surface area contributed by atoms with Crippen LogP contribution in [0.3, 0.4) is 0 Å². The van der Waals surface area contributed by atoms with Crippen LogP contribution in [0.1, 0.15) is 158 Å². The molecule has 0 atom stereocenters. The zero-order valence-corrected chi connectivity index (χ0v) is 33.3. The molecule has 0 spiro atoms. The van der Waals surface area contributed by atoms with Gasteiger partial charge in [0.2, 0.25) is 0 Å². The molecule has 3 heteroatoms. The van der Waals surface area contributed by atoms with Gasteiger partial charge in [-0.25, -0.2) is 0 Å². The molecule has 0 aliphatic rings. The number of rotatable bonds is 0. The number of hydrogen-bond acceptors (Lipinski definition) is 2. The Balaban J connectivity index is 0.000000722. The summed E-state index contributed by atoms with van der Waals surface area (Å²) in [6.07, 6.45) is 0. The zero-order valence-electron chi connectivity index (χ0n) is 28.8. The molecule has 0 aliphatic heterocycles. The van der Waals surface area contributed by atoms with Crippen molar-refractivity contribution >= 4 is 48.9 Å². The molecule has 0 saturated heterocycles. The summed E-state index contributed by atoms with van der Waals surface area (Å²) in [5.41, 5.74) is 5.92. The minimum Gasteiger partial charge on any atom is -0.872 e. The van der Waals surface area contributed by atoms with E-state index in [0.717, 1.165) is 22.3 Å². The van der Waals surface area contributed by atoms with Crippen molar-refractivity contribution in [2.75, 3.05) is 0 Å². The summed E-state index contributed by atoms with van der Waals surface area (Å²) in [5, 5.41) is 25.5. The van der Waals surface area contributed by atoms with Gasteiger partial charge in [-0.05, 0) is 65.9 Å². The zero-order chi connectivity index (χ0) is 30.4. The first-order valence-corrected chi connectivity index (χ1v) is 14.2. The Morgan fingerprint density at radius 3 is 0.590 bits per heavy atom. The maximum absolute atomic E-state index is 12.7. The first-order chi connectivity index (χ1) is 16.5. The molecule has 0 heterocycles. The average molecular weight is 660 g/mol. The summed E-state index contributed by atoms with van der Waals surface area (Å²) in [6.45, 7) is 38.6. The van der Waals surface area contributed by atoms with Crippen LogP contribution in [0.5, 0.6) is 11.5 Å². The van der Waals surface area contributed by atoms with E-state index in [1.54, 1.807) is 0 Å². The van der Waals surface area contributed by atoms with Crippen molar-refractivity contribution in [3.05, 3.63) is 57.6 Å². The van der Waals surface area contributed by atoms with Gasteiger partial charge in [-0.3, -0.25) is 0 Å². The number of benzene rings is 2. The summed E-state index contributed by atoms with van der Waals surface area (Å²) in [6, 6.07) is 8.43. The molecule has 2 rings (SSSR count). The van der Waals surface area contributed by atoms with Crippen molar-refractivity contribution in [2.45, 2.75) is 157 Å². The standard InChI is InChI=1S/2C18H30O.Ba/c2*1-16(2,3)12-10-13(17(4,5)6)15(19)14(11-12)18(7,8)9;/h2*10-11,19H,1-9H3;/q;;+2/p-2. The average Bonchev–Trinajstić information content (AvgIpc) is 2.63. The first-order valence-electron chi connectivity index (χ1n) is 14.2. The summed E-state index contributed by atoms with van der Waals surface area (Å²) in [7, 11) is 0. The smallest absolute Gasteiger partial charge is 0.872 e. The fraction of sp³-hybridized carbons (Fsp3) is 0.667. The normalized spacial score (nSPS) is 13.4. The molecule has 0 fully saturated rings. The van der Waals surface area contributed by atoms with E-state index in [1.807, 2.05) is 0 Å². The summed E-state index contributed by atoms with van der Waals surface area (Å²) in [4.78, 5) is 0. The van der Waals surface area contributed by atoms with Gasteiger partial charge < -0.3 is 10.2 Å². The van der Waals surface area contributed by atoms with Crippen LogP contribution in [0.4, 0.5) is 0 Å². The quantitative estimate of drug-likeness (QED) is 0.265. The Labute approximate surface area is 282 Å². The van der Waals surface area contributed by atoms with Crippen LogP contribution >= 0.6 is 0 Å². The molecule has 0 bridgehead atoms. The fourth-order valence-electron chi connectivity index (χ4n) is 4.35. The maximum Gasteiger partial charge on any atom is 2.00 e. The van der Waals surface area contributed by atoms with Crippen LogP contribution in [0.25, 0.3) is 0 Å². The van der Waals surface area contributed by atoms with Crippen LogP contribution < -0.4 is 10.2 Å². The van der Waals surface area contributed by atoms with Crippen molar-refractivity contribution in [3.8, 4) is 11.5 Å². The van der Waals surface area contributed by atoms with Crippen LogP contribution in [0.2, 0.25) is 0 Å². The van der Waals surface area contributed by atoms with Crippen molar-refractivity contribution in [1.29, 1.82) is 0 Å². The Kier molecular flexibility index (Phi) is 12.3. The van der Waals surface area contributed by atoms with Crippen LogP contribution in [-0.4, -0.2) is 48.9 Å². The monoisotopic (exact) mass is 660 g/mol. The van der Waals surface area contributed by atoms with E-state index >= 15 is 0 Å². The topological polar surface area (TPSA) is 46.1 Å². The molecular formula is C36H58BaO2. The van der Waals surface area contributed by atoms with Gasteiger partial charge in [0.05, 0.1) is 0 Å². The van der Waals surface area contributed by atoms with Crippen LogP contribution in [-0.2, 0) is 32.5 Å². The van der Waals surface area contributed by atoms with Gasteiger partial charge in [-0.2, -0.15) is 0 Å². The molecule has 39 heavy (non-hydrogen) atoms. The van der Waals surface area contributed by atoms with E-state index in [2.05, 4.69) is 149 Å². The predicted octanol–water partition coefficient (Wildman–Crippen LogP) is 8.92.